The number of hydrogen-bond donors (Lipinski definition) is 0. The second-order valence-corrected chi connectivity index (χ2v) is 7.59. The van der Waals surface area contributed by atoms with Crippen LogP contribution >= 0.6 is 11.3 Å². The molecule has 1 fully saturated rings. The quantitative estimate of drug-likeness (QED) is 0.700. The highest BCUT2D eigenvalue weighted by Gasteiger charge is 2.24. The van der Waals surface area contributed by atoms with E-state index >= 15 is 0 Å². The normalized spacial score (nSPS) is 18.1. The Labute approximate surface area is 150 Å². The van der Waals surface area contributed by atoms with Gasteiger partial charge in [-0.05, 0) is 45.2 Å². The van der Waals surface area contributed by atoms with E-state index in [0.29, 0.717) is 5.92 Å². The molecule has 1 atom stereocenters. The van der Waals surface area contributed by atoms with Crippen LogP contribution in [-0.2, 0) is 13.0 Å². The average molecular weight is 355 g/mol. The standard InChI is InChI=1S/C18H21N5OS/c1-12-18(13(2)24-22-12)16-8-15(20-11-21-16)7-14-3-5-23(9-14)10-17-19-4-6-25-17/h4,6,8,11,14H,3,5,7,9-10H2,1-2H3/t14-/m0/s1. The van der Waals surface area contributed by atoms with Crippen LogP contribution in [0, 0.1) is 19.8 Å². The number of hydrogen-bond acceptors (Lipinski definition) is 7. The largest absolute Gasteiger partial charge is 0.361 e. The lowest BCUT2D eigenvalue weighted by Gasteiger charge is -2.14. The summed E-state index contributed by atoms with van der Waals surface area (Å²) in [5.74, 6) is 1.44. The molecule has 3 aromatic rings. The molecule has 4 rings (SSSR count). The van der Waals surface area contributed by atoms with Gasteiger partial charge in [-0.15, -0.1) is 11.3 Å². The van der Waals surface area contributed by atoms with Gasteiger partial charge in [-0.1, -0.05) is 5.16 Å². The number of likely N-dealkylation sites (tertiary alicyclic amines) is 1. The third-order valence-corrected chi connectivity index (χ3v) is 5.49. The zero-order valence-electron chi connectivity index (χ0n) is 14.5. The number of thiazole rings is 1. The Balaban J connectivity index is 1.43. The zero-order chi connectivity index (χ0) is 17.2. The first-order valence-electron chi connectivity index (χ1n) is 8.54. The number of nitrogens with zero attached hydrogens (tertiary/aromatic N) is 5. The predicted octanol–water partition coefficient (Wildman–Crippen LogP) is 3.27. The van der Waals surface area contributed by atoms with Crippen LogP contribution in [0.5, 0.6) is 0 Å². The van der Waals surface area contributed by atoms with E-state index in [9.17, 15) is 0 Å². The van der Waals surface area contributed by atoms with E-state index < -0.39 is 0 Å². The highest BCUT2D eigenvalue weighted by Crippen LogP contribution is 2.27. The fraction of sp³-hybridized carbons (Fsp3) is 0.444. The third-order valence-electron chi connectivity index (χ3n) is 4.72. The Morgan fingerprint density at radius 1 is 1.28 bits per heavy atom. The van der Waals surface area contributed by atoms with Crippen LogP contribution in [-0.4, -0.2) is 38.1 Å². The maximum atomic E-state index is 5.26. The van der Waals surface area contributed by atoms with Crippen molar-refractivity contribution in [1.29, 1.82) is 0 Å². The Morgan fingerprint density at radius 3 is 2.96 bits per heavy atom. The minimum atomic E-state index is 0.632. The number of aryl methyl sites for hydroxylation is 2. The van der Waals surface area contributed by atoms with Crippen molar-refractivity contribution in [2.75, 3.05) is 13.1 Å². The van der Waals surface area contributed by atoms with E-state index in [-0.39, 0.29) is 0 Å². The summed E-state index contributed by atoms with van der Waals surface area (Å²) in [7, 11) is 0. The van der Waals surface area contributed by atoms with Crippen molar-refractivity contribution in [3.63, 3.8) is 0 Å². The summed E-state index contributed by atoms with van der Waals surface area (Å²) in [6.45, 7) is 7.06. The van der Waals surface area contributed by atoms with Gasteiger partial charge in [0.05, 0.1) is 23.5 Å². The second kappa shape index (κ2) is 7.01. The molecule has 1 aliphatic rings. The van der Waals surface area contributed by atoms with Crippen LogP contribution in [0.2, 0.25) is 0 Å². The molecule has 0 spiro atoms. The van der Waals surface area contributed by atoms with Crippen molar-refractivity contribution in [2.45, 2.75) is 33.2 Å². The Kier molecular flexibility index (Phi) is 4.59. The van der Waals surface area contributed by atoms with E-state index in [4.69, 9.17) is 4.52 Å². The fourth-order valence-electron chi connectivity index (χ4n) is 3.54. The highest BCUT2D eigenvalue weighted by molar-refractivity contribution is 7.09. The van der Waals surface area contributed by atoms with Gasteiger partial charge in [-0.3, -0.25) is 4.90 Å². The van der Waals surface area contributed by atoms with Crippen molar-refractivity contribution in [1.82, 2.24) is 25.0 Å². The molecule has 6 nitrogen and oxygen atoms in total. The predicted molar refractivity (Wildman–Crippen MR) is 96.2 cm³/mol. The Morgan fingerprint density at radius 2 is 2.20 bits per heavy atom. The number of rotatable bonds is 5. The SMILES string of the molecule is Cc1noc(C)c1-c1cc(C[C@@H]2CCN(Cc3nccs3)C2)ncn1. The lowest BCUT2D eigenvalue weighted by molar-refractivity contribution is 0.315. The van der Waals surface area contributed by atoms with Gasteiger partial charge in [0, 0.05) is 23.8 Å². The molecule has 4 heterocycles. The van der Waals surface area contributed by atoms with Gasteiger partial charge in [0.1, 0.15) is 17.1 Å². The zero-order valence-corrected chi connectivity index (χ0v) is 15.3. The molecule has 0 amide bonds. The lowest BCUT2D eigenvalue weighted by atomic mass is 10.0. The Bertz CT molecular complexity index is 826. The van der Waals surface area contributed by atoms with Gasteiger partial charge in [-0.2, -0.15) is 0 Å². The molecule has 1 saturated heterocycles. The summed E-state index contributed by atoms with van der Waals surface area (Å²) in [6, 6.07) is 2.08. The maximum Gasteiger partial charge on any atom is 0.143 e. The van der Waals surface area contributed by atoms with Crippen LogP contribution in [0.15, 0.2) is 28.5 Å². The van der Waals surface area contributed by atoms with E-state index in [1.54, 1.807) is 17.7 Å². The minimum absolute atomic E-state index is 0.632. The molecular formula is C18H21N5OS. The third kappa shape index (κ3) is 3.62. The van der Waals surface area contributed by atoms with E-state index in [2.05, 4.69) is 31.1 Å². The fourth-order valence-corrected chi connectivity index (χ4v) is 4.19. The van der Waals surface area contributed by atoms with Crippen molar-refractivity contribution in [3.05, 3.63) is 46.1 Å². The summed E-state index contributed by atoms with van der Waals surface area (Å²) in [6.07, 6.45) is 5.72. The van der Waals surface area contributed by atoms with Crippen molar-refractivity contribution in [3.8, 4) is 11.3 Å². The van der Waals surface area contributed by atoms with E-state index in [0.717, 1.165) is 54.5 Å². The number of aromatic nitrogens is 4. The second-order valence-electron chi connectivity index (χ2n) is 6.61. The average Bonchev–Trinajstić information content (AvgIpc) is 3.32. The van der Waals surface area contributed by atoms with Gasteiger partial charge in [0.2, 0.25) is 0 Å². The first-order valence-corrected chi connectivity index (χ1v) is 9.42. The highest BCUT2D eigenvalue weighted by atomic mass is 32.1. The molecule has 0 bridgehead atoms. The van der Waals surface area contributed by atoms with Crippen LogP contribution < -0.4 is 0 Å². The van der Waals surface area contributed by atoms with Crippen LogP contribution in [0.4, 0.5) is 0 Å². The maximum absolute atomic E-state index is 5.26. The minimum Gasteiger partial charge on any atom is -0.361 e. The molecule has 0 aromatic carbocycles. The molecule has 3 aromatic heterocycles. The van der Waals surface area contributed by atoms with Gasteiger partial charge in [0.25, 0.3) is 0 Å². The van der Waals surface area contributed by atoms with Gasteiger partial charge in [-0.25, -0.2) is 15.0 Å². The van der Waals surface area contributed by atoms with Gasteiger partial charge < -0.3 is 4.52 Å². The van der Waals surface area contributed by atoms with Crippen LogP contribution in [0.3, 0.4) is 0 Å². The topological polar surface area (TPSA) is 67.9 Å². The first kappa shape index (κ1) is 16.4. The molecule has 0 unspecified atom stereocenters. The molecule has 0 saturated carbocycles. The summed E-state index contributed by atoms with van der Waals surface area (Å²) >= 11 is 1.73. The molecule has 25 heavy (non-hydrogen) atoms. The molecule has 7 heteroatoms. The summed E-state index contributed by atoms with van der Waals surface area (Å²) in [5.41, 5.74) is 3.85. The van der Waals surface area contributed by atoms with Crippen LogP contribution in [0.25, 0.3) is 11.3 Å². The molecule has 1 aliphatic heterocycles. The van der Waals surface area contributed by atoms with E-state index in [1.165, 1.54) is 11.4 Å². The van der Waals surface area contributed by atoms with Crippen molar-refractivity contribution >= 4 is 11.3 Å². The summed E-state index contributed by atoms with van der Waals surface area (Å²) in [5, 5.41) is 7.26. The molecule has 0 radical (unpaired) electrons. The molecule has 0 aliphatic carbocycles. The van der Waals surface area contributed by atoms with Gasteiger partial charge >= 0.3 is 0 Å². The molecule has 130 valence electrons. The van der Waals surface area contributed by atoms with Crippen molar-refractivity contribution in [2.24, 2.45) is 5.92 Å². The summed E-state index contributed by atoms with van der Waals surface area (Å²) < 4.78 is 5.26. The molecule has 0 N–H and O–H groups in total. The first-order chi connectivity index (χ1) is 12.2. The van der Waals surface area contributed by atoms with Crippen LogP contribution in [0.1, 0.15) is 28.6 Å². The Hall–Kier alpha value is -2.12. The van der Waals surface area contributed by atoms with E-state index in [1.807, 2.05) is 25.4 Å². The van der Waals surface area contributed by atoms with Gasteiger partial charge in [0.15, 0.2) is 0 Å². The smallest absolute Gasteiger partial charge is 0.143 e. The molecular weight excluding hydrogens is 334 g/mol. The summed E-state index contributed by atoms with van der Waals surface area (Å²) in [4.78, 5) is 15.8. The lowest BCUT2D eigenvalue weighted by Crippen LogP contribution is -2.20. The van der Waals surface area contributed by atoms with Crippen molar-refractivity contribution < 1.29 is 4.52 Å². The monoisotopic (exact) mass is 355 g/mol.